The highest BCUT2D eigenvalue weighted by Crippen LogP contribution is 2.24. The van der Waals surface area contributed by atoms with Gasteiger partial charge in [-0.25, -0.2) is 18.6 Å². The van der Waals surface area contributed by atoms with E-state index in [1.165, 1.54) is 18.3 Å². The van der Waals surface area contributed by atoms with Crippen LogP contribution < -0.4 is 14.5 Å². The van der Waals surface area contributed by atoms with Crippen molar-refractivity contribution in [3.05, 3.63) is 90.0 Å². The van der Waals surface area contributed by atoms with Crippen molar-refractivity contribution in [1.29, 1.82) is 0 Å². The van der Waals surface area contributed by atoms with Gasteiger partial charge in [-0.05, 0) is 81.8 Å². The van der Waals surface area contributed by atoms with E-state index in [1.807, 2.05) is 6.92 Å². The van der Waals surface area contributed by atoms with Gasteiger partial charge in [0.2, 0.25) is 0 Å². The van der Waals surface area contributed by atoms with Gasteiger partial charge in [-0.15, -0.1) is 0 Å². The third kappa shape index (κ3) is 8.45. The highest BCUT2D eigenvalue weighted by atomic mass is 32.2. The van der Waals surface area contributed by atoms with Crippen LogP contribution in [0.2, 0.25) is 0 Å². The topological polar surface area (TPSA) is 114 Å². The zero-order valence-electron chi connectivity index (χ0n) is 21.7. The van der Waals surface area contributed by atoms with Crippen LogP contribution in [0.25, 0.3) is 0 Å². The van der Waals surface area contributed by atoms with Gasteiger partial charge in [-0.3, -0.25) is 9.10 Å². The SMILES string of the molecule is Cc1ccc(N(CC(=O)N/N=C\c2ccc(OCC(=O)OC(C)(C)C)cc2)S(=O)(=O)c2ccccc2)cc1. The Bertz CT molecular complexity index is 1360. The number of benzene rings is 3. The molecule has 0 fully saturated rings. The number of carbonyl (C=O) groups excluding carboxylic acids is 2. The predicted molar refractivity (Wildman–Crippen MR) is 146 cm³/mol. The Hall–Kier alpha value is -4.18. The van der Waals surface area contributed by atoms with E-state index in [4.69, 9.17) is 9.47 Å². The van der Waals surface area contributed by atoms with Crippen molar-refractivity contribution >= 4 is 33.8 Å². The molecule has 0 radical (unpaired) electrons. The van der Waals surface area contributed by atoms with Crippen molar-refractivity contribution in [2.24, 2.45) is 5.10 Å². The van der Waals surface area contributed by atoms with Gasteiger partial charge in [-0.1, -0.05) is 35.9 Å². The normalized spacial score (nSPS) is 11.7. The highest BCUT2D eigenvalue weighted by molar-refractivity contribution is 7.92. The van der Waals surface area contributed by atoms with Crippen molar-refractivity contribution in [3.63, 3.8) is 0 Å². The van der Waals surface area contributed by atoms with Gasteiger partial charge < -0.3 is 9.47 Å². The number of hydrazone groups is 1. The molecule has 3 aromatic carbocycles. The van der Waals surface area contributed by atoms with Crippen LogP contribution in [0.1, 0.15) is 31.9 Å². The minimum Gasteiger partial charge on any atom is -0.482 e. The summed E-state index contributed by atoms with van der Waals surface area (Å²) in [6, 6.07) is 21.5. The van der Waals surface area contributed by atoms with Gasteiger partial charge >= 0.3 is 5.97 Å². The molecule has 200 valence electrons. The third-order valence-corrected chi connectivity index (χ3v) is 6.79. The number of nitrogens with zero attached hydrogens (tertiary/aromatic N) is 2. The summed E-state index contributed by atoms with van der Waals surface area (Å²) < 4.78 is 38.3. The Labute approximate surface area is 223 Å². The highest BCUT2D eigenvalue weighted by Gasteiger charge is 2.27. The molecule has 10 heteroatoms. The van der Waals surface area contributed by atoms with Crippen LogP contribution in [0.15, 0.2) is 88.9 Å². The molecule has 38 heavy (non-hydrogen) atoms. The summed E-state index contributed by atoms with van der Waals surface area (Å²) in [4.78, 5) is 24.5. The molecule has 0 aromatic heterocycles. The fourth-order valence-corrected chi connectivity index (χ4v) is 4.70. The summed E-state index contributed by atoms with van der Waals surface area (Å²) in [5.74, 6) is -0.615. The number of rotatable bonds is 10. The predicted octanol–water partition coefficient (Wildman–Crippen LogP) is 4.06. The molecule has 1 amide bonds. The Morgan fingerprint density at radius 1 is 0.947 bits per heavy atom. The second-order valence-electron chi connectivity index (χ2n) is 9.40. The Morgan fingerprint density at radius 2 is 1.58 bits per heavy atom. The van der Waals surface area contributed by atoms with E-state index in [2.05, 4.69) is 10.5 Å². The van der Waals surface area contributed by atoms with E-state index in [0.717, 1.165) is 9.87 Å². The number of aryl methyl sites for hydroxylation is 1. The smallest absolute Gasteiger partial charge is 0.344 e. The third-order valence-electron chi connectivity index (χ3n) is 5.00. The lowest BCUT2D eigenvalue weighted by molar-refractivity contribution is -0.157. The molecule has 0 aliphatic heterocycles. The Kier molecular flexibility index (Phi) is 9.25. The van der Waals surface area contributed by atoms with E-state index in [-0.39, 0.29) is 11.5 Å². The molecule has 3 rings (SSSR count). The molecule has 0 unspecified atom stereocenters. The lowest BCUT2D eigenvalue weighted by Gasteiger charge is -2.23. The van der Waals surface area contributed by atoms with E-state index in [0.29, 0.717) is 17.0 Å². The van der Waals surface area contributed by atoms with Crippen molar-refractivity contribution in [2.75, 3.05) is 17.5 Å². The van der Waals surface area contributed by atoms with E-state index in [1.54, 1.807) is 87.5 Å². The minimum absolute atomic E-state index is 0.0749. The Balaban J connectivity index is 1.63. The van der Waals surface area contributed by atoms with Gasteiger partial charge in [0.05, 0.1) is 16.8 Å². The van der Waals surface area contributed by atoms with Gasteiger partial charge in [-0.2, -0.15) is 5.10 Å². The summed E-state index contributed by atoms with van der Waals surface area (Å²) >= 11 is 0. The largest absolute Gasteiger partial charge is 0.482 e. The molecule has 9 nitrogen and oxygen atoms in total. The molecule has 0 heterocycles. The number of carbonyl (C=O) groups is 2. The number of hydrogen-bond donors (Lipinski definition) is 1. The second-order valence-corrected chi connectivity index (χ2v) is 11.3. The van der Waals surface area contributed by atoms with Gasteiger partial charge in [0.1, 0.15) is 17.9 Å². The van der Waals surface area contributed by atoms with Gasteiger partial charge in [0, 0.05) is 0 Å². The average Bonchev–Trinajstić information content (AvgIpc) is 2.87. The summed E-state index contributed by atoms with van der Waals surface area (Å²) in [5, 5.41) is 3.94. The number of ether oxygens (including phenoxy) is 2. The second kappa shape index (κ2) is 12.4. The first-order chi connectivity index (χ1) is 17.9. The number of anilines is 1. The fraction of sp³-hybridized carbons (Fsp3) is 0.250. The lowest BCUT2D eigenvalue weighted by atomic mass is 10.2. The maximum atomic E-state index is 13.3. The molecule has 0 spiro atoms. The quantitative estimate of drug-likeness (QED) is 0.237. The molecule has 0 bridgehead atoms. The first-order valence-corrected chi connectivity index (χ1v) is 13.3. The molecular formula is C28H31N3O6S. The van der Waals surface area contributed by atoms with E-state index >= 15 is 0 Å². The van der Waals surface area contributed by atoms with Crippen molar-refractivity contribution < 1.29 is 27.5 Å². The molecule has 3 aromatic rings. The fourth-order valence-electron chi connectivity index (χ4n) is 3.25. The summed E-state index contributed by atoms with van der Waals surface area (Å²) in [7, 11) is -3.99. The summed E-state index contributed by atoms with van der Waals surface area (Å²) in [6.07, 6.45) is 1.41. The molecule has 0 aliphatic rings. The number of esters is 1. The van der Waals surface area contributed by atoms with Crippen molar-refractivity contribution in [3.8, 4) is 5.75 Å². The van der Waals surface area contributed by atoms with Crippen LogP contribution in [-0.2, 0) is 24.3 Å². The zero-order valence-corrected chi connectivity index (χ0v) is 22.6. The maximum absolute atomic E-state index is 13.3. The molecule has 0 aliphatic carbocycles. The first kappa shape index (κ1) is 28.4. The number of sulfonamides is 1. The van der Waals surface area contributed by atoms with Crippen molar-refractivity contribution in [2.45, 2.75) is 38.2 Å². The standard InChI is InChI=1S/C28H31N3O6S/c1-21-10-14-23(15-11-21)31(38(34,35)25-8-6-5-7-9-25)19-26(32)30-29-18-22-12-16-24(17-13-22)36-20-27(33)37-28(2,3)4/h5-18H,19-20H2,1-4H3,(H,30,32)/b29-18-. The van der Waals surface area contributed by atoms with Gasteiger partial charge in [0.25, 0.3) is 15.9 Å². The monoisotopic (exact) mass is 537 g/mol. The summed E-state index contributed by atoms with van der Waals surface area (Å²) in [5.41, 5.74) is 3.76. The van der Waals surface area contributed by atoms with E-state index in [9.17, 15) is 18.0 Å². The molecule has 0 atom stereocenters. The van der Waals surface area contributed by atoms with E-state index < -0.39 is 34.0 Å². The van der Waals surface area contributed by atoms with Crippen molar-refractivity contribution in [1.82, 2.24) is 5.43 Å². The van der Waals surface area contributed by atoms with Crippen LogP contribution in [0.3, 0.4) is 0 Å². The number of amides is 1. The lowest BCUT2D eigenvalue weighted by Crippen LogP contribution is -2.39. The zero-order chi connectivity index (χ0) is 27.8. The average molecular weight is 538 g/mol. The summed E-state index contributed by atoms with van der Waals surface area (Å²) in [6.45, 7) is 6.54. The maximum Gasteiger partial charge on any atom is 0.344 e. The molecule has 0 saturated heterocycles. The molecule has 1 N–H and O–H groups in total. The van der Waals surface area contributed by atoms with Crippen LogP contribution in [-0.4, -0.2) is 45.3 Å². The van der Waals surface area contributed by atoms with Crippen LogP contribution in [0.4, 0.5) is 5.69 Å². The Morgan fingerprint density at radius 3 is 2.18 bits per heavy atom. The molecule has 0 saturated carbocycles. The minimum atomic E-state index is -3.99. The molecular weight excluding hydrogens is 506 g/mol. The van der Waals surface area contributed by atoms with Crippen LogP contribution in [0.5, 0.6) is 5.75 Å². The van der Waals surface area contributed by atoms with Crippen LogP contribution in [0, 0.1) is 6.92 Å². The first-order valence-electron chi connectivity index (χ1n) is 11.9. The van der Waals surface area contributed by atoms with Gasteiger partial charge in [0.15, 0.2) is 6.61 Å². The number of nitrogens with one attached hydrogen (secondary N) is 1. The van der Waals surface area contributed by atoms with Crippen LogP contribution >= 0.6 is 0 Å². The number of hydrogen-bond acceptors (Lipinski definition) is 7.